The van der Waals surface area contributed by atoms with Gasteiger partial charge in [-0.3, -0.25) is 10.2 Å². The van der Waals surface area contributed by atoms with E-state index in [9.17, 15) is 4.79 Å². The maximum atomic E-state index is 11.3. The Kier molecular flexibility index (Phi) is 16.6. The molecule has 16 heteroatoms. The predicted molar refractivity (Wildman–Crippen MR) is 235 cm³/mol. The van der Waals surface area contributed by atoms with Gasteiger partial charge < -0.3 is 4.42 Å². The van der Waals surface area contributed by atoms with Gasteiger partial charge in [-0.1, -0.05) is 140 Å². The summed E-state index contributed by atoms with van der Waals surface area (Å²) in [4.78, 5) is 36.1. The van der Waals surface area contributed by atoms with Crippen LogP contribution in [0.15, 0.2) is 116 Å². The Bertz CT molecular complexity index is 2490. The number of aromatic nitrogens is 8. The molecule has 0 spiro atoms. The van der Waals surface area contributed by atoms with Crippen LogP contribution in [-0.4, -0.2) is 51.8 Å². The second kappa shape index (κ2) is 21.4. The quantitative estimate of drug-likeness (QED) is 0.0883. The van der Waals surface area contributed by atoms with Crippen molar-refractivity contribution in [2.45, 2.75) is 79.3 Å². The number of benzene rings is 4. The van der Waals surface area contributed by atoms with Crippen LogP contribution < -0.4 is 11.3 Å². The Morgan fingerprint density at radius 2 is 1.17 bits per heavy atom. The summed E-state index contributed by atoms with van der Waals surface area (Å²) in [6.07, 6.45) is 0.250. The molecule has 4 aromatic carbocycles. The van der Waals surface area contributed by atoms with Crippen LogP contribution in [0.4, 0.5) is 0 Å². The van der Waals surface area contributed by atoms with E-state index in [0.29, 0.717) is 41.9 Å². The van der Waals surface area contributed by atoms with Gasteiger partial charge in [0.05, 0.1) is 13.1 Å². The molecule has 7 aromatic rings. The molecule has 0 radical (unpaired) electrons. The van der Waals surface area contributed by atoms with Crippen LogP contribution in [0.25, 0.3) is 23.2 Å². The molecule has 0 aliphatic carbocycles. The number of hydrogen-bond acceptors (Lipinski definition) is 11. The summed E-state index contributed by atoms with van der Waals surface area (Å²) >= 11 is 6.91. The largest absolute Gasteiger partial charge is 0.413 e. The Morgan fingerprint density at radius 1 is 0.683 bits per heavy atom. The van der Waals surface area contributed by atoms with E-state index in [1.54, 1.807) is 11.6 Å². The molecule has 3 N–H and O–H groups in total. The lowest BCUT2D eigenvalue weighted by molar-refractivity contribution is -0.191. The third-order valence-electron chi connectivity index (χ3n) is 8.74. The van der Waals surface area contributed by atoms with Gasteiger partial charge in [-0.05, 0) is 83.3 Å². The average molecular weight is 941 g/mol. The van der Waals surface area contributed by atoms with Crippen molar-refractivity contribution in [3.05, 3.63) is 152 Å². The van der Waals surface area contributed by atoms with Crippen LogP contribution in [-0.2, 0) is 33.5 Å². The molecule has 0 atom stereocenters. The highest BCUT2D eigenvalue weighted by molar-refractivity contribution is 9.10. The molecule has 0 fully saturated rings. The standard InChI is InChI=1S/C22H22BrN5O.C11H12BrN5O.C10H14.CO2/c1-14-24-19(27-28(14)13-15-6-5-7-18(23)12-15)21-26-25-20(29-21)16-8-10-17(11-9-16)22(2,3)4;1-7-14-10(11(18)15-13)16-17(7)6-8-3-2-4-9(12)5-8;1-10(2,3)9-7-5-4-6-8-9;2-1-3/h5-12H,13H2,1-4H3;2-5H,6,13H2,1H3,(H,15,18);4-8H,1-3H3;. The predicted octanol–water partition coefficient (Wildman–Crippen LogP) is 8.81. The first kappa shape index (κ1) is 46.8. The molecule has 1 amide bonds. The molecule has 0 aliphatic heterocycles. The van der Waals surface area contributed by atoms with Gasteiger partial charge in [0.1, 0.15) is 11.6 Å². The van der Waals surface area contributed by atoms with E-state index in [-0.39, 0.29) is 17.4 Å². The van der Waals surface area contributed by atoms with Crippen LogP contribution in [0.3, 0.4) is 0 Å². The van der Waals surface area contributed by atoms with Gasteiger partial charge in [0.15, 0.2) is 0 Å². The number of nitrogens with two attached hydrogens (primary N) is 1. The minimum absolute atomic E-state index is 0.0741. The SMILES string of the molecule is CC(C)(C)c1ccccc1.Cc1nc(-c2nnc(-c3ccc(C(C)(C)C)cc3)o2)nn1Cc1cccc(Br)c1.Cc1nc(C(=O)NN)nn1Cc1cccc(Br)c1.O=C=O. The fourth-order valence-corrected chi connectivity index (χ4v) is 6.38. The zero-order valence-corrected chi connectivity index (χ0v) is 37.9. The highest BCUT2D eigenvalue weighted by Crippen LogP contribution is 2.27. The monoisotopic (exact) mass is 938 g/mol. The summed E-state index contributed by atoms with van der Waals surface area (Å²) in [6, 6.07) is 34.7. The molecule has 0 saturated carbocycles. The van der Waals surface area contributed by atoms with Crippen LogP contribution in [0, 0.1) is 13.8 Å². The summed E-state index contributed by atoms with van der Waals surface area (Å²) in [5, 5.41) is 17.0. The maximum absolute atomic E-state index is 11.3. The number of nitrogens with one attached hydrogen (secondary N) is 1. The molecule has 60 heavy (non-hydrogen) atoms. The van der Waals surface area contributed by atoms with Gasteiger partial charge in [0, 0.05) is 14.5 Å². The lowest BCUT2D eigenvalue weighted by Gasteiger charge is -2.18. The van der Waals surface area contributed by atoms with Gasteiger partial charge in [-0.15, -0.1) is 20.4 Å². The first-order chi connectivity index (χ1) is 28.4. The van der Waals surface area contributed by atoms with Crippen molar-refractivity contribution in [2.75, 3.05) is 0 Å². The first-order valence-corrected chi connectivity index (χ1v) is 20.3. The van der Waals surface area contributed by atoms with E-state index in [4.69, 9.17) is 19.8 Å². The number of aryl methyl sites for hydroxylation is 2. The second-order valence-electron chi connectivity index (χ2n) is 15.5. The molecule has 0 bridgehead atoms. The third kappa shape index (κ3) is 13.8. The van der Waals surface area contributed by atoms with Crippen molar-refractivity contribution in [1.82, 2.24) is 45.2 Å². The molecule has 0 unspecified atom stereocenters. The summed E-state index contributed by atoms with van der Waals surface area (Å²) < 4.78 is 11.4. The Hall–Kier alpha value is -5.93. The number of carbonyl (C=O) groups excluding carboxylic acids is 3. The highest BCUT2D eigenvalue weighted by atomic mass is 79.9. The van der Waals surface area contributed by atoms with Gasteiger partial charge in [0.2, 0.25) is 17.5 Å². The van der Waals surface area contributed by atoms with Gasteiger partial charge >= 0.3 is 12.1 Å². The van der Waals surface area contributed by atoms with E-state index in [1.807, 2.05) is 65.6 Å². The van der Waals surface area contributed by atoms with Crippen molar-refractivity contribution in [2.24, 2.45) is 5.84 Å². The van der Waals surface area contributed by atoms with Gasteiger partial charge in [-0.2, -0.15) is 9.59 Å². The fraction of sp³-hybridized carbons (Fsp3) is 0.273. The minimum Gasteiger partial charge on any atom is -0.413 e. The molecule has 14 nitrogen and oxygen atoms in total. The number of amides is 1. The first-order valence-electron chi connectivity index (χ1n) is 18.7. The smallest absolute Gasteiger partial charge is 0.373 e. The maximum Gasteiger partial charge on any atom is 0.373 e. The lowest BCUT2D eigenvalue weighted by Crippen LogP contribution is -2.31. The molecular formula is C44H48Br2N10O4. The molecule has 0 aliphatic rings. The fourth-order valence-electron chi connectivity index (χ4n) is 5.49. The van der Waals surface area contributed by atoms with Crippen LogP contribution in [0.5, 0.6) is 0 Å². The summed E-state index contributed by atoms with van der Waals surface area (Å²) in [6.45, 7) is 18.1. The van der Waals surface area contributed by atoms with E-state index in [0.717, 1.165) is 31.5 Å². The molecule has 3 heterocycles. The summed E-state index contributed by atoms with van der Waals surface area (Å²) in [7, 11) is 0. The van der Waals surface area contributed by atoms with Crippen molar-refractivity contribution in [3.8, 4) is 23.2 Å². The normalized spacial score (nSPS) is 10.8. The number of rotatable bonds is 7. The van der Waals surface area contributed by atoms with Crippen LogP contribution >= 0.6 is 31.9 Å². The van der Waals surface area contributed by atoms with E-state index in [2.05, 4.69) is 158 Å². The zero-order valence-electron chi connectivity index (χ0n) is 34.8. The zero-order chi connectivity index (χ0) is 44.0. The Labute approximate surface area is 366 Å². The van der Waals surface area contributed by atoms with E-state index in [1.165, 1.54) is 11.1 Å². The number of nitrogen functional groups attached to an aromatic ring is 1. The van der Waals surface area contributed by atoms with Crippen molar-refractivity contribution in [1.29, 1.82) is 0 Å². The number of hydrogen-bond donors (Lipinski definition) is 2. The van der Waals surface area contributed by atoms with Gasteiger partial charge in [0.25, 0.3) is 5.89 Å². The van der Waals surface area contributed by atoms with Crippen LogP contribution in [0.2, 0.25) is 0 Å². The van der Waals surface area contributed by atoms with Crippen molar-refractivity contribution < 1.29 is 18.8 Å². The Morgan fingerprint density at radius 3 is 1.65 bits per heavy atom. The molecular weight excluding hydrogens is 892 g/mol. The molecule has 0 saturated heterocycles. The minimum atomic E-state index is -0.494. The average Bonchev–Trinajstić information content (AvgIpc) is 3.94. The van der Waals surface area contributed by atoms with Crippen molar-refractivity contribution in [3.63, 3.8) is 0 Å². The second-order valence-corrected chi connectivity index (χ2v) is 17.3. The number of halogens is 2. The molecule has 3 aromatic heterocycles. The Balaban J connectivity index is 0.000000217. The van der Waals surface area contributed by atoms with Crippen LogP contribution in [0.1, 0.15) is 86.1 Å². The van der Waals surface area contributed by atoms with Gasteiger partial charge in [-0.25, -0.2) is 25.2 Å². The molecule has 312 valence electrons. The van der Waals surface area contributed by atoms with E-state index >= 15 is 0 Å². The third-order valence-corrected chi connectivity index (χ3v) is 9.73. The van der Waals surface area contributed by atoms with E-state index < -0.39 is 5.91 Å². The summed E-state index contributed by atoms with van der Waals surface area (Å²) in [5.41, 5.74) is 8.13. The summed E-state index contributed by atoms with van der Waals surface area (Å²) in [5.74, 6) is 7.28. The molecule has 7 rings (SSSR count). The highest BCUT2D eigenvalue weighted by Gasteiger charge is 2.19. The topological polar surface area (TPSA) is 190 Å². The number of nitrogens with zero attached hydrogens (tertiary/aromatic N) is 8. The lowest BCUT2D eigenvalue weighted by atomic mass is 9.87. The number of hydrazine groups is 1. The number of carbonyl (C=O) groups is 1. The van der Waals surface area contributed by atoms with Crippen molar-refractivity contribution >= 4 is 43.9 Å².